The van der Waals surface area contributed by atoms with Gasteiger partial charge in [0.05, 0.1) is 0 Å². The van der Waals surface area contributed by atoms with Crippen molar-refractivity contribution in [1.29, 1.82) is 0 Å². The van der Waals surface area contributed by atoms with Crippen molar-refractivity contribution in [3.05, 3.63) is 18.5 Å². The van der Waals surface area contributed by atoms with Gasteiger partial charge in [0.25, 0.3) is 0 Å². The van der Waals surface area contributed by atoms with Crippen molar-refractivity contribution in [2.24, 2.45) is 0 Å². The first-order valence-electron chi connectivity index (χ1n) is 2.90. The predicted octanol–water partition coefficient (Wildman–Crippen LogP) is -3.66. The van der Waals surface area contributed by atoms with Crippen LogP contribution < -0.4 is 18.9 Å². The zero-order chi connectivity index (χ0) is 8.48. The molecular weight excluding hydrogens is 173 g/mol. The summed E-state index contributed by atoms with van der Waals surface area (Å²) in [6.07, 6.45) is 3.80. The summed E-state index contributed by atoms with van der Waals surface area (Å²) in [5.74, 6) is 0. The summed E-state index contributed by atoms with van der Waals surface area (Å²) < 4.78 is 24.2. The van der Waals surface area contributed by atoms with Gasteiger partial charge in [0.1, 0.15) is 0 Å². The molecule has 1 aromatic rings. The van der Waals surface area contributed by atoms with Gasteiger partial charge in [-0.25, -0.2) is 0 Å². The predicted molar refractivity (Wildman–Crippen MR) is 39.1 cm³/mol. The second kappa shape index (κ2) is 4.10. The molecule has 0 aromatic carbocycles. The van der Waals surface area contributed by atoms with Crippen LogP contribution in [0.4, 0.5) is 0 Å². The Bertz CT molecular complexity index is 318. The molecule has 0 atom stereocenters. The maximum Gasteiger partial charge on any atom is 1.00 e. The van der Waals surface area contributed by atoms with Gasteiger partial charge in [0.2, 0.25) is 0 Å². The Kier molecular flexibility index (Phi) is 4.00. The number of hydrogen-bond donors (Lipinski definition) is 0. The van der Waals surface area contributed by atoms with Crippen molar-refractivity contribution in [2.45, 2.75) is 0 Å². The molecule has 0 saturated heterocycles. The Morgan fingerprint density at radius 3 is 2.42 bits per heavy atom. The van der Waals surface area contributed by atoms with Crippen molar-refractivity contribution in [3.63, 3.8) is 0 Å². The third kappa shape index (κ3) is 2.11. The minimum absolute atomic E-state index is 0. The quantitative estimate of drug-likeness (QED) is 0.349. The van der Waals surface area contributed by atoms with Gasteiger partial charge in [-0.3, -0.25) is 9.19 Å². The molecule has 0 N–H and O–H groups in total. The zero-order valence-electron chi connectivity index (χ0n) is 7.22. The molecule has 1 heterocycles. The van der Waals surface area contributed by atoms with Crippen LogP contribution in [0.25, 0.3) is 0 Å². The van der Waals surface area contributed by atoms with Gasteiger partial charge in [0, 0.05) is 14.1 Å². The van der Waals surface area contributed by atoms with Crippen LogP contribution in [0.3, 0.4) is 0 Å². The maximum absolute atomic E-state index is 11.2. The minimum Gasteiger partial charge on any atom is -0.282 e. The van der Waals surface area contributed by atoms with Crippen molar-refractivity contribution < 1.29 is 27.3 Å². The molecule has 0 amide bonds. The number of aromatic nitrogens is 2. The van der Waals surface area contributed by atoms with Crippen LogP contribution in [-0.4, -0.2) is 36.0 Å². The molecule has 12 heavy (non-hydrogen) atoms. The average Bonchev–Trinajstić information content (AvgIpc) is 2.37. The number of nitrogens with zero attached hydrogens (tertiary/aromatic N) is 3. The second-order valence-corrected chi connectivity index (χ2v) is 4.07. The van der Waals surface area contributed by atoms with Gasteiger partial charge in [-0.1, -0.05) is 0 Å². The first kappa shape index (κ1) is 11.7. The van der Waals surface area contributed by atoms with E-state index >= 15 is 0 Å². The molecule has 5 nitrogen and oxygen atoms in total. The molecular formula is C5H8LiN3O2S. The fourth-order valence-electron chi connectivity index (χ4n) is 0.505. The van der Waals surface area contributed by atoms with Gasteiger partial charge in [-0.15, -0.1) is 12.4 Å². The molecule has 0 aliphatic rings. The number of rotatable bonds is 2. The molecule has 0 spiro atoms. The van der Waals surface area contributed by atoms with Crippen LogP contribution in [0, 0.1) is 6.20 Å². The monoisotopic (exact) mass is 181 g/mol. The normalized spacial score (nSPS) is 11.2. The SMILES string of the molecule is CN(C)S(=O)(=O)n1[c-]ccn1.[Li+]. The van der Waals surface area contributed by atoms with Crippen molar-refractivity contribution >= 4 is 10.2 Å². The van der Waals surface area contributed by atoms with Gasteiger partial charge in [-0.2, -0.15) is 18.8 Å². The summed E-state index contributed by atoms with van der Waals surface area (Å²) in [5, 5.41) is 3.54. The maximum atomic E-state index is 11.2. The van der Waals surface area contributed by atoms with Crippen LogP contribution in [0.1, 0.15) is 0 Å². The standard InChI is InChI=1S/C5H8N3O2S.Li/c1-7(2)11(9,10)8-5-3-4-6-8;/h3-4H,1-2H3;/q-1;+1. The van der Waals surface area contributed by atoms with Crippen LogP contribution in [-0.2, 0) is 10.2 Å². The summed E-state index contributed by atoms with van der Waals surface area (Å²) in [5.41, 5.74) is 0. The largest absolute Gasteiger partial charge is 1.00 e. The molecule has 0 bridgehead atoms. The fourth-order valence-corrected chi connectivity index (χ4v) is 1.18. The van der Waals surface area contributed by atoms with Crippen LogP contribution in [0.2, 0.25) is 0 Å². The van der Waals surface area contributed by atoms with Gasteiger partial charge in [-0.05, 0) is 0 Å². The van der Waals surface area contributed by atoms with E-state index in [1.54, 1.807) is 0 Å². The van der Waals surface area contributed by atoms with E-state index in [0.29, 0.717) is 0 Å². The topological polar surface area (TPSA) is 55.2 Å². The number of hydrogen-bond acceptors (Lipinski definition) is 3. The Balaban J connectivity index is 0.00000121. The zero-order valence-corrected chi connectivity index (χ0v) is 8.04. The molecule has 0 saturated carbocycles. The molecule has 62 valence electrons. The van der Waals surface area contributed by atoms with E-state index in [-0.39, 0.29) is 18.9 Å². The van der Waals surface area contributed by atoms with Gasteiger partial charge in [0.15, 0.2) is 0 Å². The van der Waals surface area contributed by atoms with E-state index in [4.69, 9.17) is 0 Å². The van der Waals surface area contributed by atoms with E-state index in [2.05, 4.69) is 11.3 Å². The molecule has 0 unspecified atom stereocenters. The summed E-state index contributed by atoms with van der Waals surface area (Å²) >= 11 is 0. The van der Waals surface area contributed by atoms with E-state index < -0.39 is 10.2 Å². The van der Waals surface area contributed by atoms with E-state index in [0.717, 1.165) is 8.39 Å². The van der Waals surface area contributed by atoms with E-state index in [1.165, 1.54) is 26.4 Å². The van der Waals surface area contributed by atoms with E-state index in [9.17, 15) is 8.42 Å². The second-order valence-electron chi connectivity index (χ2n) is 2.09. The molecule has 1 rings (SSSR count). The first-order valence-corrected chi connectivity index (χ1v) is 4.29. The molecule has 0 fully saturated rings. The summed E-state index contributed by atoms with van der Waals surface area (Å²) in [6, 6.07) is 1.43. The van der Waals surface area contributed by atoms with Gasteiger partial charge < -0.3 is 0 Å². The summed E-state index contributed by atoms with van der Waals surface area (Å²) in [6.45, 7) is 0. The van der Waals surface area contributed by atoms with Gasteiger partial charge >= 0.3 is 29.1 Å². The Morgan fingerprint density at radius 1 is 1.50 bits per heavy atom. The summed E-state index contributed by atoms with van der Waals surface area (Å²) in [4.78, 5) is 0. The average molecular weight is 181 g/mol. The van der Waals surface area contributed by atoms with Crippen molar-refractivity contribution in [3.8, 4) is 0 Å². The van der Waals surface area contributed by atoms with E-state index in [1.807, 2.05) is 0 Å². The smallest absolute Gasteiger partial charge is 0.282 e. The Hall–Kier alpha value is -0.283. The molecule has 0 aliphatic carbocycles. The molecule has 1 aromatic heterocycles. The van der Waals surface area contributed by atoms with Crippen molar-refractivity contribution in [2.75, 3.05) is 14.1 Å². The van der Waals surface area contributed by atoms with Crippen LogP contribution in [0.5, 0.6) is 0 Å². The summed E-state index contributed by atoms with van der Waals surface area (Å²) in [7, 11) is -0.579. The van der Waals surface area contributed by atoms with Crippen molar-refractivity contribution in [1.82, 2.24) is 13.5 Å². The first-order chi connectivity index (χ1) is 5.05. The third-order valence-corrected chi connectivity index (χ3v) is 2.67. The minimum atomic E-state index is -3.45. The Labute approximate surface area is 83.7 Å². The molecule has 7 heteroatoms. The fraction of sp³-hybridized carbons (Fsp3) is 0.400. The van der Waals surface area contributed by atoms with Crippen LogP contribution in [0.15, 0.2) is 12.3 Å². The third-order valence-electron chi connectivity index (χ3n) is 1.11. The molecule has 0 aliphatic heterocycles. The molecule has 0 radical (unpaired) electrons. The Morgan fingerprint density at radius 2 is 2.08 bits per heavy atom. The van der Waals surface area contributed by atoms with Crippen LogP contribution >= 0.6 is 0 Å².